The van der Waals surface area contributed by atoms with Crippen LogP contribution in [0.4, 0.5) is 0 Å². The van der Waals surface area contributed by atoms with Crippen molar-refractivity contribution in [2.45, 2.75) is 12.2 Å². The minimum atomic E-state index is -1.94. The number of aliphatic hydroxyl groups is 1. The molecule has 0 amide bonds. The van der Waals surface area contributed by atoms with Gasteiger partial charge in [-0.25, -0.2) is 4.79 Å². The number of rotatable bonds is 5. The smallest absolute Gasteiger partial charge is 0.345 e. The minimum absolute atomic E-state index is 0.158. The average Bonchev–Trinajstić information content (AvgIpc) is 3.31. The highest BCUT2D eigenvalue weighted by molar-refractivity contribution is 6.30. The number of methoxy groups -OCH3 is 1. The van der Waals surface area contributed by atoms with E-state index in [4.69, 9.17) is 30.8 Å². The van der Waals surface area contributed by atoms with E-state index in [1.807, 2.05) is 12.1 Å². The molecule has 0 saturated heterocycles. The molecule has 0 spiro atoms. The van der Waals surface area contributed by atoms with Crippen molar-refractivity contribution in [3.05, 3.63) is 87.7 Å². The Kier molecular flexibility index (Phi) is 4.85. The summed E-state index contributed by atoms with van der Waals surface area (Å²) in [5, 5.41) is 12.0. The second-order valence-corrected chi connectivity index (χ2v) is 6.79. The number of esters is 1. The van der Waals surface area contributed by atoms with Crippen LogP contribution in [-0.4, -0.2) is 24.8 Å². The molecule has 0 radical (unpaired) electrons. The molecular formula is C21H17ClO6. The Labute approximate surface area is 166 Å². The molecule has 2 aliphatic heterocycles. The maximum absolute atomic E-state index is 12.7. The lowest BCUT2D eigenvalue weighted by Gasteiger charge is -2.25. The lowest BCUT2D eigenvalue weighted by atomic mass is 9.89. The summed E-state index contributed by atoms with van der Waals surface area (Å²) >= 11 is 5.97. The molecule has 144 valence electrons. The van der Waals surface area contributed by atoms with E-state index in [0.29, 0.717) is 21.9 Å². The van der Waals surface area contributed by atoms with Gasteiger partial charge in [0.2, 0.25) is 0 Å². The number of carbonyl (C=O) groups excluding carboxylic acids is 1. The van der Waals surface area contributed by atoms with Gasteiger partial charge in [0.1, 0.15) is 17.9 Å². The van der Waals surface area contributed by atoms with Crippen LogP contribution in [0.5, 0.6) is 5.75 Å². The molecule has 4 rings (SSSR count). The highest BCUT2D eigenvalue weighted by Gasteiger charge is 2.49. The number of hydrogen-bond acceptors (Lipinski definition) is 6. The van der Waals surface area contributed by atoms with Gasteiger partial charge in [-0.3, -0.25) is 0 Å². The summed E-state index contributed by atoms with van der Waals surface area (Å²) in [5.41, 5.74) is 1.77. The Morgan fingerprint density at radius 3 is 2.46 bits per heavy atom. The van der Waals surface area contributed by atoms with Crippen molar-refractivity contribution in [3.63, 3.8) is 0 Å². The Morgan fingerprint density at radius 2 is 1.86 bits per heavy atom. The van der Waals surface area contributed by atoms with Gasteiger partial charge in [0.05, 0.1) is 7.11 Å². The number of cyclic esters (lactones) is 1. The lowest BCUT2D eigenvalue weighted by Crippen LogP contribution is -2.29. The van der Waals surface area contributed by atoms with Gasteiger partial charge in [-0.15, -0.1) is 0 Å². The van der Waals surface area contributed by atoms with Gasteiger partial charge in [-0.1, -0.05) is 23.7 Å². The van der Waals surface area contributed by atoms with Crippen LogP contribution >= 0.6 is 11.6 Å². The van der Waals surface area contributed by atoms with Crippen molar-refractivity contribution >= 4 is 17.6 Å². The summed E-state index contributed by atoms with van der Waals surface area (Å²) in [7, 11) is 1.55. The Balaban J connectivity index is 1.82. The molecule has 1 unspecified atom stereocenters. The van der Waals surface area contributed by atoms with E-state index in [-0.39, 0.29) is 24.4 Å². The van der Waals surface area contributed by atoms with Crippen LogP contribution in [0.15, 0.2) is 71.5 Å². The average molecular weight is 401 g/mol. The summed E-state index contributed by atoms with van der Waals surface area (Å²) in [4.78, 5) is 22.7. The predicted molar refractivity (Wildman–Crippen MR) is 100 cm³/mol. The van der Waals surface area contributed by atoms with Crippen LogP contribution in [-0.2, 0) is 31.5 Å². The number of ether oxygens (including phenoxy) is 2. The largest absolute Gasteiger partial charge is 0.497 e. The molecule has 0 saturated carbocycles. The first-order valence-corrected chi connectivity index (χ1v) is 8.97. The highest BCUT2D eigenvalue weighted by Crippen LogP contribution is 2.44. The van der Waals surface area contributed by atoms with E-state index in [0.717, 1.165) is 5.56 Å². The number of hydrogen-bond donors (Lipinski definition) is 1. The maximum Gasteiger partial charge on any atom is 0.345 e. The molecule has 0 bridgehead atoms. The van der Waals surface area contributed by atoms with Crippen molar-refractivity contribution in [2.75, 3.05) is 13.7 Å². The molecular weight excluding hydrogens is 384 g/mol. The second-order valence-electron chi connectivity index (χ2n) is 6.36. The van der Waals surface area contributed by atoms with E-state index in [1.54, 1.807) is 49.6 Å². The number of carbonyl (C=O) groups is 1. The topological polar surface area (TPSA) is 74.2 Å². The van der Waals surface area contributed by atoms with Gasteiger partial charge in [-0.2, -0.15) is 4.89 Å². The third kappa shape index (κ3) is 3.26. The summed E-state index contributed by atoms with van der Waals surface area (Å²) in [5.74, 6) is -1.77. The molecule has 1 atom stereocenters. The molecule has 0 fully saturated rings. The molecule has 2 aromatic carbocycles. The first-order chi connectivity index (χ1) is 13.5. The molecule has 2 aliphatic rings. The molecule has 0 aliphatic carbocycles. The highest BCUT2D eigenvalue weighted by atomic mass is 35.5. The van der Waals surface area contributed by atoms with Crippen molar-refractivity contribution in [2.24, 2.45) is 0 Å². The fraction of sp³-hybridized carbons (Fsp3) is 0.190. The van der Waals surface area contributed by atoms with E-state index in [2.05, 4.69) is 0 Å². The first kappa shape index (κ1) is 18.6. The molecule has 7 heteroatoms. The Bertz CT molecular complexity index is 961. The SMILES string of the molecule is COc1ccc(C2(O)OC(=O)C(C3=CCOO3)=C2Cc2ccc(Cl)cc2)cc1. The predicted octanol–water partition coefficient (Wildman–Crippen LogP) is 3.44. The summed E-state index contributed by atoms with van der Waals surface area (Å²) in [6.07, 6.45) is 1.87. The molecule has 6 nitrogen and oxygen atoms in total. The van der Waals surface area contributed by atoms with Gasteiger partial charge in [-0.05, 0) is 48.0 Å². The quantitative estimate of drug-likeness (QED) is 0.612. The fourth-order valence-corrected chi connectivity index (χ4v) is 3.36. The van der Waals surface area contributed by atoms with Crippen LogP contribution in [0.2, 0.25) is 5.02 Å². The van der Waals surface area contributed by atoms with Crippen molar-refractivity contribution in [3.8, 4) is 5.75 Å². The zero-order valence-electron chi connectivity index (χ0n) is 15.0. The summed E-state index contributed by atoms with van der Waals surface area (Å²) < 4.78 is 10.6. The van der Waals surface area contributed by atoms with Crippen LogP contribution in [0, 0.1) is 0 Å². The second kappa shape index (κ2) is 7.31. The molecule has 0 aromatic heterocycles. The first-order valence-electron chi connectivity index (χ1n) is 8.59. The van der Waals surface area contributed by atoms with Crippen LogP contribution in [0.25, 0.3) is 0 Å². The number of halogens is 1. The monoisotopic (exact) mass is 400 g/mol. The third-order valence-corrected chi connectivity index (χ3v) is 4.91. The van der Waals surface area contributed by atoms with E-state index in [9.17, 15) is 9.90 Å². The van der Waals surface area contributed by atoms with Crippen LogP contribution in [0.3, 0.4) is 0 Å². The van der Waals surface area contributed by atoms with Gasteiger partial charge >= 0.3 is 5.97 Å². The van der Waals surface area contributed by atoms with Gasteiger partial charge < -0.3 is 19.5 Å². The standard InChI is InChI=1S/C21H17ClO6/c1-25-16-8-4-14(5-9-16)21(24)17(12-13-2-6-15(22)7-3-13)19(20(23)27-21)18-10-11-26-28-18/h2-10,24H,11-12H2,1H3. The zero-order chi connectivity index (χ0) is 19.7. The summed E-state index contributed by atoms with van der Waals surface area (Å²) in [6.45, 7) is 0.210. The van der Waals surface area contributed by atoms with Gasteiger partial charge in [0.15, 0.2) is 5.76 Å². The Hall–Kier alpha value is -2.80. The van der Waals surface area contributed by atoms with Gasteiger partial charge in [0, 0.05) is 22.6 Å². The fourth-order valence-electron chi connectivity index (χ4n) is 3.24. The summed E-state index contributed by atoms with van der Waals surface area (Å²) in [6, 6.07) is 13.8. The number of benzene rings is 2. The van der Waals surface area contributed by atoms with E-state index < -0.39 is 11.8 Å². The zero-order valence-corrected chi connectivity index (χ0v) is 15.7. The minimum Gasteiger partial charge on any atom is -0.497 e. The molecule has 28 heavy (non-hydrogen) atoms. The van der Waals surface area contributed by atoms with Crippen molar-refractivity contribution in [1.29, 1.82) is 0 Å². The van der Waals surface area contributed by atoms with Crippen molar-refractivity contribution < 1.29 is 29.1 Å². The molecule has 1 N–H and O–H groups in total. The molecule has 2 heterocycles. The Morgan fingerprint density at radius 1 is 1.14 bits per heavy atom. The normalized spacial score (nSPS) is 21.4. The molecule has 2 aromatic rings. The lowest BCUT2D eigenvalue weighted by molar-refractivity contribution is -0.231. The van der Waals surface area contributed by atoms with Crippen LogP contribution < -0.4 is 4.74 Å². The third-order valence-electron chi connectivity index (χ3n) is 4.66. The van der Waals surface area contributed by atoms with Crippen molar-refractivity contribution in [1.82, 2.24) is 0 Å². The maximum atomic E-state index is 12.7. The van der Waals surface area contributed by atoms with E-state index >= 15 is 0 Å². The van der Waals surface area contributed by atoms with Gasteiger partial charge in [0.25, 0.3) is 5.79 Å². The van der Waals surface area contributed by atoms with Crippen LogP contribution in [0.1, 0.15) is 11.1 Å². The van der Waals surface area contributed by atoms with E-state index in [1.165, 1.54) is 0 Å².